The maximum absolute atomic E-state index is 6.30. The highest BCUT2D eigenvalue weighted by Gasteiger charge is 2.43. The van der Waals surface area contributed by atoms with Gasteiger partial charge in [-0.15, -0.1) is 0 Å². The molecule has 5 heteroatoms. The molecule has 1 saturated carbocycles. The van der Waals surface area contributed by atoms with Gasteiger partial charge in [-0.1, -0.05) is 12.1 Å². The molecule has 0 aromatic carbocycles. The van der Waals surface area contributed by atoms with E-state index in [-0.39, 0.29) is 12.2 Å². The first-order valence-corrected chi connectivity index (χ1v) is 9.08. The highest BCUT2D eigenvalue weighted by molar-refractivity contribution is 5.11. The summed E-state index contributed by atoms with van der Waals surface area (Å²) >= 11 is 0. The summed E-state index contributed by atoms with van der Waals surface area (Å²) in [6.07, 6.45) is 6.17. The second-order valence-corrected chi connectivity index (χ2v) is 6.93. The van der Waals surface area contributed by atoms with Crippen LogP contribution in [0, 0.1) is 6.92 Å². The minimum Gasteiger partial charge on any atom is -0.374 e. The van der Waals surface area contributed by atoms with Crippen molar-refractivity contribution in [3.05, 3.63) is 59.7 Å². The van der Waals surface area contributed by atoms with E-state index in [0.717, 1.165) is 49.5 Å². The molecular weight excluding hydrogens is 314 g/mol. The zero-order valence-electron chi connectivity index (χ0n) is 14.7. The zero-order chi connectivity index (χ0) is 17.1. The fourth-order valence-corrected chi connectivity index (χ4v) is 3.95. The number of nitrogens with zero attached hydrogens (tertiary/aromatic N) is 3. The van der Waals surface area contributed by atoms with Crippen LogP contribution in [0.3, 0.4) is 0 Å². The molecule has 2 bridgehead atoms. The van der Waals surface area contributed by atoms with E-state index in [2.05, 4.69) is 33.1 Å². The molecule has 2 fully saturated rings. The van der Waals surface area contributed by atoms with Crippen LogP contribution in [-0.2, 0) is 22.6 Å². The summed E-state index contributed by atoms with van der Waals surface area (Å²) in [4.78, 5) is 11.3. The largest absolute Gasteiger partial charge is 0.374 e. The SMILES string of the molecule is Cc1cccc(CN2CCO[C@H]3CC[C@H]2[C@H]3OCc2cccnc2)n1. The molecule has 0 radical (unpaired) electrons. The topological polar surface area (TPSA) is 47.5 Å². The first kappa shape index (κ1) is 16.6. The maximum Gasteiger partial charge on any atom is 0.0995 e. The number of hydrogen-bond acceptors (Lipinski definition) is 5. The van der Waals surface area contributed by atoms with Crippen molar-refractivity contribution in [3.8, 4) is 0 Å². The van der Waals surface area contributed by atoms with Crippen molar-refractivity contribution >= 4 is 0 Å². The van der Waals surface area contributed by atoms with Crippen LogP contribution in [0.5, 0.6) is 0 Å². The zero-order valence-corrected chi connectivity index (χ0v) is 14.7. The van der Waals surface area contributed by atoms with Crippen molar-refractivity contribution in [3.63, 3.8) is 0 Å². The summed E-state index contributed by atoms with van der Waals surface area (Å²) in [5.41, 5.74) is 3.30. The normalized spacial score (nSPS) is 26.5. The molecule has 0 spiro atoms. The van der Waals surface area contributed by atoms with Crippen LogP contribution < -0.4 is 0 Å². The molecule has 0 unspecified atom stereocenters. The maximum atomic E-state index is 6.30. The predicted octanol–water partition coefficient (Wildman–Crippen LogP) is 2.73. The number of fused-ring (bicyclic) bond motifs is 2. The van der Waals surface area contributed by atoms with Crippen molar-refractivity contribution < 1.29 is 9.47 Å². The average Bonchev–Trinajstić information content (AvgIpc) is 2.94. The molecule has 5 nitrogen and oxygen atoms in total. The van der Waals surface area contributed by atoms with Gasteiger partial charge in [0.05, 0.1) is 31.1 Å². The third-order valence-electron chi connectivity index (χ3n) is 5.15. The van der Waals surface area contributed by atoms with Crippen molar-refractivity contribution in [2.45, 2.75) is 51.2 Å². The van der Waals surface area contributed by atoms with Gasteiger partial charge in [0.15, 0.2) is 0 Å². The van der Waals surface area contributed by atoms with E-state index in [1.165, 1.54) is 0 Å². The van der Waals surface area contributed by atoms with E-state index in [0.29, 0.717) is 12.6 Å². The number of ether oxygens (including phenoxy) is 2. The minimum atomic E-state index is 0.118. The number of rotatable bonds is 5. The first-order valence-electron chi connectivity index (χ1n) is 9.08. The summed E-state index contributed by atoms with van der Waals surface area (Å²) in [5.74, 6) is 0. The van der Waals surface area contributed by atoms with E-state index in [4.69, 9.17) is 9.47 Å². The second-order valence-electron chi connectivity index (χ2n) is 6.93. The van der Waals surface area contributed by atoms with Crippen LogP contribution in [-0.4, -0.2) is 46.3 Å². The van der Waals surface area contributed by atoms with Crippen LogP contribution in [0.4, 0.5) is 0 Å². The van der Waals surface area contributed by atoms with Gasteiger partial charge in [-0.05, 0) is 43.5 Å². The van der Waals surface area contributed by atoms with Gasteiger partial charge in [0.2, 0.25) is 0 Å². The highest BCUT2D eigenvalue weighted by atomic mass is 16.5. The summed E-state index contributed by atoms with van der Waals surface area (Å²) in [6, 6.07) is 10.6. The molecule has 0 amide bonds. The lowest BCUT2D eigenvalue weighted by atomic mass is 10.1. The molecule has 25 heavy (non-hydrogen) atoms. The van der Waals surface area contributed by atoms with Gasteiger partial charge in [-0.25, -0.2) is 0 Å². The molecule has 3 atom stereocenters. The number of hydrogen-bond donors (Lipinski definition) is 0. The van der Waals surface area contributed by atoms with Crippen LogP contribution >= 0.6 is 0 Å². The molecule has 3 heterocycles. The van der Waals surface area contributed by atoms with Gasteiger partial charge in [0, 0.05) is 37.2 Å². The summed E-state index contributed by atoms with van der Waals surface area (Å²) in [5, 5.41) is 0. The lowest BCUT2D eigenvalue weighted by molar-refractivity contribution is -0.0615. The lowest BCUT2D eigenvalue weighted by Gasteiger charge is -2.31. The number of pyridine rings is 2. The fourth-order valence-electron chi connectivity index (χ4n) is 3.95. The second kappa shape index (κ2) is 7.60. The van der Waals surface area contributed by atoms with Gasteiger partial charge >= 0.3 is 0 Å². The van der Waals surface area contributed by atoms with Crippen LogP contribution in [0.25, 0.3) is 0 Å². The Bertz CT molecular complexity index is 694. The van der Waals surface area contributed by atoms with Crippen LogP contribution in [0.2, 0.25) is 0 Å². The summed E-state index contributed by atoms with van der Waals surface area (Å²) in [7, 11) is 0. The molecule has 132 valence electrons. The quantitative estimate of drug-likeness (QED) is 0.838. The Morgan fingerprint density at radius 1 is 1.24 bits per heavy atom. The molecule has 2 aromatic rings. The van der Waals surface area contributed by atoms with Gasteiger partial charge in [-0.2, -0.15) is 0 Å². The number of aromatic nitrogens is 2. The van der Waals surface area contributed by atoms with E-state index >= 15 is 0 Å². The third kappa shape index (κ3) is 3.89. The molecule has 1 aliphatic heterocycles. The van der Waals surface area contributed by atoms with E-state index < -0.39 is 0 Å². The van der Waals surface area contributed by atoms with Crippen molar-refractivity contribution in [2.75, 3.05) is 13.2 Å². The number of aryl methyl sites for hydroxylation is 1. The highest BCUT2D eigenvalue weighted by Crippen LogP contribution is 2.33. The first-order chi connectivity index (χ1) is 12.3. The van der Waals surface area contributed by atoms with Crippen LogP contribution in [0.15, 0.2) is 42.7 Å². The van der Waals surface area contributed by atoms with Gasteiger partial charge in [0.25, 0.3) is 0 Å². The Labute approximate surface area is 149 Å². The summed E-state index contributed by atoms with van der Waals surface area (Å²) < 4.78 is 12.4. The standard InChI is InChI=1S/C20H25N3O2/c1-15-4-2-6-17(22-15)13-23-10-11-24-19-8-7-18(23)20(19)25-14-16-5-3-9-21-12-16/h2-6,9,12,18-20H,7-8,10-11,13-14H2,1H3/t18-,19-,20+/m0/s1. The van der Waals surface area contributed by atoms with Gasteiger partial charge in [0.1, 0.15) is 0 Å². The van der Waals surface area contributed by atoms with Crippen molar-refractivity contribution in [1.29, 1.82) is 0 Å². The third-order valence-corrected chi connectivity index (χ3v) is 5.15. The van der Waals surface area contributed by atoms with Gasteiger partial charge in [-0.3, -0.25) is 14.9 Å². The van der Waals surface area contributed by atoms with Gasteiger partial charge < -0.3 is 9.47 Å². The van der Waals surface area contributed by atoms with Crippen molar-refractivity contribution in [1.82, 2.24) is 14.9 Å². The smallest absolute Gasteiger partial charge is 0.0995 e. The van der Waals surface area contributed by atoms with E-state index in [1.54, 1.807) is 6.20 Å². The minimum absolute atomic E-state index is 0.118. The van der Waals surface area contributed by atoms with Crippen molar-refractivity contribution in [2.24, 2.45) is 0 Å². The van der Waals surface area contributed by atoms with E-state index in [1.807, 2.05) is 25.3 Å². The molecule has 1 aliphatic carbocycles. The Morgan fingerprint density at radius 2 is 2.20 bits per heavy atom. The Hall–Kier alpha value is -1.82. The predicted molar refractivity (Wildman–Crippen MR) is 95.0 cm³/mol. The van der Waals surface area contributed by atoms with E-state index in [9.17, 15) is 0 Å². The summed E-state index contributed by atoms with van der Waals surface area (Å²) in [6.45, 7) is 5.18. The monoisotopic (exact) mass is 339 g/mol. The Balaban J connectivity index is 1.46. The lowest BCUT2D eigenvalue weighted by Crippen LogP contribution is -2.42. The molecule has 4 rings (SSSR count). The molecule has 0 N–H and O–H groups in total. The molecule has 2 aromatic heterocycles. The molecule has 1 saturated heterocycles. The fraction of sp³-hybridized carbons (Fsp3) is 0.500. The Morgan fingerprint density at radius 3 is 3.04 bits per heavy atom. The Kier molecular flexibility index (Phi) is 5.06. The molecular formula is C20H25N3O2. The average molecular weight is 339 g/mol. The molecule has 2 aliphatic rings. The van der Waals surface area contributed by atoms with Crippen LogP contribution in [0.1, 0.15) is 29.8 Å².